The molecular weight excluding hydrogens is 150 g/mol. The zero-order valence-electron chi connectivity index (χ0n) is 6.49. The minimum absolute atomic E-state index is 1.03. The number of rotatable bonds is 1. The van der Waals surface area contributed by atoms with E-state index < -0.39 is 0 Å². The summed E-state index contributed by atoms with van der Waals surface area (Å²) in [6.45, 7) is 0. The second-order valence-electron chi connectivity index (χ2n) is 2.46. The first kappa shape index (κ1) is 6.91. The average molecular weight is 159 g/mol. The zero-order chi connectivity index (χ0) is 8.23. The highest BCUT2D eigenvalue weighted by Gasteiger charge is 1.99. The van der Waals surface area contributed by atoms with Crippen LogP contribution in [-0.4, -0.2) is 6.21 Å². The van der Waals surface area contributed by atoms with Gasteiger partial charge < -0.3 is 0 Å². The van der Waals surface area contributed by atoms with Gasteiger partial charge in [0.2, 0.25) is 0 Å². The zero-order valence-corrected chi connectivity index (χ0v) is 6.49. The Bertz CT molecular complexity index is 314. The smallest absolute Gasteiger partial charge is 0.0643 e. The molecule has 12 heavy (non-hydrogen) atoms. The summed E-state index contributed by atoms with van der Waals surface area (Å²) in [5, 5.41) is 3.79. The van der Waals surface area contributed by atoms with E-state index in [2.05, 4.69) is 16.1 Å². The lowest BCUT2D eigenvalue weighted by Crippen LogP contribution is -2.27. The highest BCUT2D eigenvalue weighted by Crippen LogP contribution is 2.09. The van der Waals surface area contributed by atoms with Crippen LogP contribution in [0.15, 0.2) is 41.5 Å². The molecule has 1 aliphatic rings. The van der Waals surface area contributed by atoms with Crippen LogP contribution in [0.25, 0.3) is 5.70 Å². The molecule has 2 N–H and O–H groups in total. The summed E-state index contributed by atoms with van der Waals surface area (Å²) < 4.78 is 0. The van der Waals surface area contributed by atoms with E-state index in [1.165, 1.54) is 0 Å². The molecule has 0 aliphatic carbocycles. The first-order chi connectivity index (χ1) is 5.97. The fourth-order valence-electron chi connectivity index (χ4n) is 1.07. The average Bonchev–Trinajstić information content (AvgIpc) is 2.21. The molecule has 0 spiro atoms. The van der Waals surface area contributed by atoms with Crippen LogP contribution in [0.2, 0.25) is 0 Å². The van der Waals surface area contributed by atoms with Gasteiger partial charge in [0.15, 0.2) is 0 Å². The molecule has 1 aliphatic heterocycles. The van der Waals surface area contributed by atoms with Crippen molar-refractivity contribution in [2.75, 3.05) is 0 Å². The Hall–Kier alpha value is -1.77. The SMILES string of the molecule is C1=NNNC(c2ccccc2)=C1. The minimum atomic E-state index is 1.03. The summed E-state index contributed by atoms with van der Waals surface area (Å²) in [6.07, 6.45) is 3.64. The normalized spacial score (nSPS) is 14.5. The van der Waals surface area contributed by atoms with Gasteiger partial charge in [-0.3, -0.25) is 5.43 Å². The maximum Gasteiger partial charge on any atom is 0.0643 e. The third kappa shape index (κ3) is 1.29. The highest BCUT2D eigenvalue weighted by atomic mass is 15.6. The van der Waals surface area contributed by atoms with Crippen molar-refractivity contribution >= 4 is 11.9 Å². The van der Waals surface area contributed by atoms with Gasteiger partial charge in [-0.2, -0.15) is 5.10 Å². The van der Waals surface area contributed by atoms with E-state index >= 15 is 0 Å². The van der Waals surface area contributed by atoms with Gasteiger partial charge in [0.05, 0.1) is 11.9 Å². The molecular formula is C9H9N3. The monoisotopic (exact) mass is 159 g/mol. The fraction of sp³-hybridized carbons (Fsp3) is 0. The van der Waals surface area contributed by atoms with E-state index in [0.717, 1.165) is 11.3 Å². The Kier molecular flexibility index (Phi) is 1.78. The Morgan fingerprint density at radius 2 is 1.92 bits per heavy atom. The maximum absolute atomic E-state index is 3.79. The predicted octanol–water partition coefficient (Wildman–Crippen LogP) is 1.12. The van der Waals surface area contributed by atoms with E-state index in [9.17, 15) is 0 Å². The van der Waals surface area contributed by atoms with Gasteiger partial charge in [-0.15, -0.1) is 0 Å². The fourth-order valence-corrected chi connectivity index (χ4v) is 1.07. The summed E-state index contributed by atoms with van der Waals surface area (Å²) in [4.78, 5) is 0. The van der Waals surface area contributed by atoms with Gasteiger partial charge in [0, 0.05) is 0 Å². The molecule has 1 aromatic carbocycles. The van der Waals surface area contributed by atoms with E-state index in [-0.39, 0.29) is 0 Å². The van der Waals surface area contributed by atoms with E-state index in [4.69, 9.17) is 0 Å². The van der Waals surface area contributed by atoms with Gasteiger partial charge in [-0.25, -0.2) is 5.53 Å². The molecule has 1 heterocycles. The molecule has 1 aromatic rings. The predicted molar refractivity (Wildman–Crippen MR) is 49.2 cm³/mol. The quantitative estimate of drug-likeness (QED) is 0.644. The molecule has 0 fully saturated rings. The van der Waals surface area contributed by atoms with Crippen LogP contribution in [-0.2, 0) is 0 Å². The lowest BCUT2D eigenvalue weighted by atomic mass is 10.1. The Balaban J connectivity index is 2.31. The van der Waals surface area contributed by atoms with E-state index in [1.54, 1.807) is 6.21 Å². The topological polar surface area (TPSA) is 36.4 Å². The molecule has 3 nitrogen and oxygen atoms in total. The number of nitrogens with one attached hydrogen (secondary N) is 2. The maximum atomic E-state index is 3.79. The van der Waals surface area contributed by atoms with Gasteiger partial charge in [-0.05, 0) is 11.6 Å². The van der Waals surface area contributed by atoms with Crippen LogP contribution in [0, 0.1) is 0 Å². The van der Waals surface area contributed by atoms with Crippen LogP contribution in [0.5, 0.6) is 0 Å². The Labute approximate surface area is 70.8 Å². The lowest BCUT2D eigenvalue weighted by molar-refractivity contribution is 0.680. The highest BCUT2D eigenvalue weighted by molar-refractivity contribution is 5.84. The van der Waals surface area contributed by atoms with E-state index in [0.29, 0.717) is 0 Å². The largest absolute Gasteiger partial charge is 0.285 e. The molecule has 0 radical (unpaired) electrons. The number of hydrazone groups is 1. The molecule has 60 valence electrons. The van der Waals surface area contributed by atoms with E-state index in [1.807, 2.05) is 36.4 Å². The summed E-state index contributed by atoms with van der Waals surface area (Å²) in [6, 6.07) is 10.1. The third-order valence-electron chi connectivity index (χ3n) is 1.66. The number of benzene rings is 1. The molecule has 0 aromatic heterocycles. The number of hydrogen-bond acceptors (Lipinski definition) is 3. The standard InChI is InChI=1S/C9H9N3/c1-2-4-8(5-3-1)9-6-7-10-12-11-9/h1-7,11-12H. The van der Waals surface area contributed by atoms with Gasteiger partial charge in [-0.1, -0.05) is 30.3 Å². The summed E-state index contributed by atoms with van der Waals surface area (Å²) >= 11 is 0. The molecule has 0 saturated heterocycles. The van der Waals surface area contributed by atoms with Crippen LogP contribution < -0.4 is 11.0 Å². The van der Waals surface area contributed by atoms with Gasteiger partial charge in [0.25, 0.3) is 0 Å². The van der Waals surface area contributed by atoms with Crippen molar-refractivity contribution < 1.29 is 0 Å². The molecule has 2 rings (SSSR count). The van der Waals surface area contributed by atoms with Crippen molar-refractivity contribution in [2.45, 2.75) is 0 Å². The van der Waals surface area contributed by atoms with Crippen LogP contribution in [0.1, 0.15) is 5.56 Å². The molecule has 3 heteroatoms. The third-order valence-corrected chi connectivity index (χ3v) is 1.66. The molecule has 0 saturated carbocycles. The number of hydrazine groups is 1. The Morgan fingerprint density at radius 1 is 1.08 bits per heavy atom. The Morgan fingerprint density at radius 3 is 2.58 bits per heavy atom. The number of allylic oxidation sites excluding steroid dienone is 1. The van der Waals surface area contributed by atoms with Crippen LogP contribution in [0.4, 0.5) is 0 Å². The van der Waals surface area contributed by atoms with Crippen molar-refractivity contribution in [3.05, 3.63) is 42.0 Å². The molecule has 0 atom stereocenters. The summed E-state index contributed by atoms with van der Waals surface area (Å²) in [5.41, 5.74) is 7.82. The molecule has 0 amide bonds. The van der Waals surface area contributed by atoms with Crippen molar-refractivity contribution in [3.63, 3.8) is 0 Å². The number of nitrogens with zero attached hydrogens (tertiary/aromatic N) is 1. The minimum Gasteiger partial charge on any atom is -0.285 e. The van der Waals surface area contributed by atoms with Crippen molar-refractivity contribution in [2.24, 2.45) is 5.10 Å². The molecule has 0 unspecified atom stereocenters. The lowest BCUT2D eigenvalue weighted by Gasteiger charge is -2.12. The summed E-state index contributed by atoms with van der Waals surface area (Å²) in [5.74, 6) is 0. The van der Waals surface area contributed by atoms with Crippen LogP contribution in [0.3, 0.4) is 0 Å². The van der Waals surface area contributed by atoms with Gasteiger partial charge in [0.1, 0.15) is 0 Å². The van der Waals surface area contributed by atoms with Crippen LogP contribution >= 0.6 is 0 Å². The first-order valence-corrected chi connectivity index (χ1v) is 3.76. The van der Waals surface area contributed by atoms with Crippen molar-refractivity contribution in [1.29, 1.82) is 0 Å². The summed E-state index contributed by atoms with van der Waals surface area (Å²) in [7, 11) is 0. The molecule has 0 bridgehead atoms. The van der Waals surface area contributed by atoms with Crippen molar-refractivity contribution in [1.82, 2.24) is 11.0 Å². The van der Waals surface area contributed by atoms with Crippen molar-refractivity contribution in [3.8, 4) is 0 Å². The number of hydrogen-bond donors (Lipinski definition) is 2. The second-order valence-corrected chi connectivity index (χ2v) is 2.46. The van der Waals surface area contributed by atoms with Gasteiger partial charge >= 0.3 is 0 Å². The second kappa shape index (κ2) is 3.09. The first-order valence-electron chi connectivity index (χ1n) is 3.76.